The monoisotopic (exact) mass is 453 g/mol. The number of carboxylic acids is 2. The molecular weight excluding hydrogens is 440 g/mol. The molecule has 0 saturated heterocycles. The molecule has 0 atom stereocenters. The van der Waals surface area contributed by atoms with Crippen molar-refractivity contribution >= 4 is 17.6 Å². The van der Waals surface area contributed by atoms with Crippen LogP contribution in [0.2, 0.25) is 0 Å². The summed E-state index contributed by atoms with van der Waals surface area (Å²) in [4.78, 5) is 30.7. The molecule has 2 aromatic carbocycles. The molecule has 0 unspecified atom stereocenters. The lowest BCUT2D eigenvalue weighted by Gasteiger charge is -2.09. The quantitative estimate of drug-likeness (QED) is 0.368. The minimum absolute atomic E-state index is 0.310. The van der Waals surface area contributed by atoms with Crippen molar-refractivity contribution in [2.75, 3.05) is 0 Å². The first-order chi connectivity index (χ1) is 14.0. The van der Waals surface area contributed by atoms with Gasteiger partial charge in [0.2, 0.25) is 0 Å². The van der Waals surface area contributed by atoms with Gasteiger partial charge in [0.15, 0.2) is 0 Å². The van der Waals surface area contributed by atoms with Gasteiger partial charge in [0, 0.05) is 11.6 Å². The number of nitro groups is 1. The molecule has 31 heavy (non-hydrogen) atoms. The van der Waals surface area contributed by atoms with Crippen LogP contribution in [0.25, 0.3) is 0 Å². The van der Waals surface area contributed by atoms with E-state index in [4.69, 9.17) is 10.2 Å². The lowest BCUT2D eigenvalue weighted by atomic mass is 10.0. The number of nitrogens with zero attached hydrogens (tertiary/aromatic N) is 1. The van der Waals surface area contributed by atoms with Gasteiger partial charge in [-0.05, 0) is 37.6 Å². The Balaban J connectivity index is 0.000000316. The first-order valence-electron chi connectivity index (χ1n) is 7.97. The number of carboxylic acid groups (broad SMARTS) is 2. The van der Waals surface area contributed by atoms with Crippen LogP contribution in [-0.2, 0) is 12.4 Å². The Bertz CT molecular complexity index is 994. The lowest BCUT2D eigenvalue weighted by Crippen LogP contribution is -2.11. The standard InChI is InChI=1S/C9H6F3NO4.C9H7F3O2/c1-4-6(8(14)15)2-5(9(10,11)12)3-7(4)13(16)17;1-5-2-3-6(9(10,11)12)4-7(5)8(13)14/h2-3H,1H3,(H,14,15);2-4H,1H3,(H,13,14). The molecule has 2 N–H and O–H groups in total. The third-order valence-electron chi connectivity index (χ3n) is 3.93. The predicted molar refractivity (Wildman–Crippen MR) is 92.9 cm³/mol. The summed E-state index contributed by atoms with van der Waals surface area (Å²) in [6, 6.07) is 3.35. The van der Waals surface area contributed by atoms with E-state index in [-0.39, 0.29) is 11.1 Å². The van der Waals surface area contributed by atoms with Gasteiger partial charge in [-0.25, -0.2) is 9.59 Å². The molecule has 2 aromatic rings. The average Bonchev–Trinajstić information content (AvgIpc) is 2.60. The van der Waals surface area contributed by atoms with Crippen LogP contribution < -0.4 is 0 Å². The van der Waals surface area contributed by atoms with E-state index in [1.54, 1.807) is 0 Å². The summed E-state index contributed by atoms with van der Waals surface area (Å²) in [5.74, 6) is -3.00. The van der Waals surface area contributed by atoms with Crippen molar-refractivity contribution in [3.63, 3.8) is 0 Å². The molecule has 7 nitrogen and oxygen atoms in total. The van der Waals surface area contributed by atoms with E-state index in [0.29, 0.717) is 23.8 Å². The second kappa shape index (κ2) is 9.02. The summed E-state index contributed by atoms with van der Waals surface area (Å²) in [6.45, 7) is 2.53. The Morgan fingerprint density at radius 2 is 1.29 bits per heavy atom. The van der Waals surface area contributed by atoms with Crippen molar-refractivity contribution in [3.05, 3.63) is 73.8 Å². The fourth-order valence-corrected chi connectivity index (χ4v) is 2.30. The van der Waals surface area contributed by atoms with E-state index >= 15 is 0 Å². The number of hydrogen-bond acceptors (Lipinski definition) is 4. The van der Waals surface area contributed by atoms with Crippen molar-refractivity contribution in [1.82, 2.24) is 0 Å². The molecule has 0 fully saturated rings. The summed E-state index contributed by atoms with van der Waals surface area (Å²) in [5, 5.41) is 27.8. The highest BCUT2D eigenvalue weighted by molar-refractivity contribution is 5.91. The van der Waals surface area contributed by atoms with Gasteiger partial charge in [-0.3, -0.25) is 10.1 Å². The van der Waals surface area contributed by atoms with Crippen LogP contribution in [0.3, 0.4) is 0 Å². The molecule has 0 aliphatic carbocycles. The van der Waals surface area contributed by atoms with Crippen LogP contribution in [0.5, 0.6) is 0 Å². The molecule has 13 heteroatoms. The number of rotatable bonds is 3. The van der Waals surface area contributed by atoms with Crippen LogP contribution in [0.1, 0.15) is 43.0 Å². The highest BCUT2D eigenvalue weighted by atomic mass is 19.4. The first kappa shape index (κ1) is 25.4. The van der Waals surface area contributed by atoms with Gasteiger partial charge in [-0.2, -0.15) is 26.3 Å². The number of benzene rings is 2. The molecule has 0 aliphatic heterocycles. The third-order valence-corrected chi connectivity index (χ3v) is 3.93. The van der Waals surface area contributed by atoms with Crippen LogP contribution >= 0.6 is 0 Å². The van der Waals surface area contributed by atoms with E-state index in [9.17, 15) is 46.0 Å². The van der Waals surface area contributed by atoms with Gasteiger partial charge in [0.05, 0.1) is 27.2 Å². The minimum Gasteiger partial charge on any atom is -0.478 e. The van der Waals surface area contributed by atoms with E-state index in [1.807, 2.05) is 0 Å². The van der Waals surface area contributed by atoms with Crippen LogP contribution in [0, 0.1) is 24.0 Å². The number of aryl methyl sites for hydroxylation is 1. The summed E-state index contributed by atoms with van der Waals surface area (Å²) >= 11 is 0. The second-order valence-electron chi connectivity index (χ2n) is 6.06. The molecule has 0 bridgehead atoms. The molecule has 0 spiro atoms. The van der Waals surface area contributed by atoms with E-state index < -0.39 is 51.6 Å². The first-order valence-corrected chi connectivity index (χ1v) is 7.97. The molecular formula is C18H13F6NO6. The summed E-state index contributed by atoms with van der Waals surface area (Å²) in [6.07, 6.45) is -9.33. The van der Waals surface area contributed by atoms with E-state index in [2.05, 4.69) is 0 Å². The zero-order chi connectivity index (χ0) is 24.3. The maximum Gasteiger partial charge on any atom is 0.416 e. The SMILES string of the molecule is Cc1c(C(=O)O)cc(C(F)(F)F)cc1[N+](=O)[O-].Cc1ccc(C(F)(F)F)cc1C(=O)O. The number of hydrogen-bond donors (Lipinski definition) is 2. The smallest absolute Gasteiger partial charge is 0.416 e. The van der Waals surface area contributed by atoms with Gasteiger partial charge < -0.3 is 10.2 Å². The highest BCUT2D eigenvalue weighted by Gasteiger charge is 2.35. The van der Waals surface area contributed by atoms with Crippen LogP contribution in [-0.4, -0.2) is 27.1 Å². The molecule has 0 aliphatic rings. The van der Waals surface area contributed by atoms with E-state index in [0.717, 1.165) is 19.1 Å². The topological polar surface area (TPSA) is 118 Å². The van der Waals surface area contributed by atoms with Gasteiger partial charge in [-0.1, -0.05) is 6.07 Å². The number of halogens is 6. The van der Waals surface area contributed by atoms with E-state index in [1.165, 1.54) is 6.92 Å². The Kier molecular flexibility index (Phi) is 7.39. The fraction of sp³-hybridized carbons (Fsp3) is 0.222. The predicted octanol–water partition coefficient (Wildman–Crippen LogP) is 5.33. The summed E-state index contributed by atoms with van der Waals surface area (Å²) in [7, 11) is 0. The molecule has 0 saturated carbocycles. The maximum atomic E-state index is 12.4. The number of aromatic carboxylic acids is 2. The normalized spacial score (nSPS) is 11.4. The van der Waals surface area contributed by atoms with Crippen LogP contribution in [0.4, 0.5) is 32.0 Å². The minimum atomic E-state index is -4.83. The van der Waals surface area contributed by atoms with Gasteiger partial charge in [0.25, 0.3) is 5.69 Å². The fourth-order valence-electron chi connectivity index (χ4n) is 2.30. The largest absolute Gasteiger partial charge is 0.478 e. The number of carbonyl (C=O) groups is 2. The lowest BCUT2D eigenvalue weighted by molar-refractivity contribution is -0.385. The Labute approximate surface area is 169 Å². The maximum absolute atomic E-state index is 12.4. The second-order valence-corrected chi connectivity index (χ2v) is 6.06. The van der Waals surface area contributed by atoms with Gasteiger partial charge in [0.1, 0.15) is 0 Å². The summed E-state index contributed by atoms with van der Waals surface area (Å²) < 4.78 is 73.7. The highest BCUT2D eigenvalue weighted by Crippen LogP contribution is 2.34. The number of nitro benzene ring substituents is 1. The molecule has 168 valence electrons. The van der Waals surface area contributed by atoms with Crippen molar-refractivity contribution in [3.8, 4) is 0 Å². The van der Waals surface area contributed by atoms with Crippen molar-refractivity contribution in [2.24, 2.45) is 0 Å². The molecule has 0 radical (unpaired) electrons. The molecule has 0 amide bonds. The Hall–Kier alpha value is -3.64. The van der Waals surface area contributed by atoms with Gasteiger partial charge >= 0.3 is 24.3 Å². The average molecular weight is 453 g/mol. The third kappa shape index (κ3) is 6.42. The Morgan fingerprint density at radius 1 is 0.839 bits per heavy atom. The number of alkyl halides is 6. The molecule has 0 aromatic heterocycles. The molecule has 2 rings (SSSR count). The Morgan fingerprint density at radius 3 is 1.68 bits per heavy atom. The molecule has 0 heterocycles. The van der Waals surface area contributed by atoms with Crippen LogP contribution in [0.15, 0.2) is 30.3 Å². The zero-order valence-corrected chi connectivity index (χ0v) is 15.6. The zero-order valence-electron chi connectivity index (χ0n) is 15.6. The van der Waals surface area contributed by atoms with Crippen molar-refractivity contribution in [1.29, 1.82) is 0 Å². The van der Waals surface area contributed by atoms with Gasteiger partial charge in [-0.15, -0.1) is 0 Å². The van der Waals surface area contributed by atoms with Crippen molar-refractivity contribution < 1.29 is 51.1 Å². The van der Waals surface area contributed by atoms with Crippen molar-refractivity contribution in [2.45, 2.75) is 26.2 Å². The summed E-state index contributed by atoms with van der Waals surface area (Å²) in [5.41, 5.74) is -4.21.